The van der Waals surface area contributed by atoms with E-state index < -0.39 is 0 Å². The van der Waals surface area contributed by atoms with E-state index in [1.54, 1.807) is 0 Å². The van der Waals surface area contributed by atoms with Crippen molar-refractivity contribution in [2.75, 3.05) is 0 Å². The van der Waals surface area contributed by atoms with Crippen LogP contribution in [0.25, 0.3) is 0 Å². The molecule has 3 saturated carbocycles. The fourth-order valence-electron chi connectivity index (χ4n) is 5.43. The summed E-state index contributed by atoms with van der Waals surface area (Å²) in [5, 5.41) is 10.3. The molecule has 4 unspecified atom stereocenters. The van der Waals surface area contributed by atoms with Crippen molar-refractivity contribution in [1.29, 1.82) is 0 Å². The standard InChI is InChI=1S/C15H26O/c1-14-9-8-12(10-13(14)16)15(14,2)11-6-4-3-5-7-11/h11-13,16H,3-10H2,1-2H3. The van der Waals surface area contributed by atoms with Gasteiger partial charge in [0.05, 0.1) is 6.10 Å². The molecule has 3 rings (SSSR count). The van der Waals surface area contributed by atoms with Crippen LogP contribution in [0.15, 0.2) is 0 Å². The molecule has 0 aliphatic heterocycles. The summed E-state index contributed by atoms with van der Waals surface area (Å²) in [4.78, 5) is 0. The smallest absolute Gasteiger partial charge is 0.0602 e. The Morgan fingerprint density at radius 2 is 1.62 bits per heavy atom. The third kappa shape index (κ3) is 1.16. The molecule has 0 amide bonds. The maximum atomic E-state index is 10.3. The van der Waals surface area contributed by atoms with Gasteiger partial charge in [-0.3, -0.25) is 0 Å². The lowest BCUT2D eigenvalue weighted by atomic mass is 9.58. The molecule has 3 fully saturated rings. The summed E-state index contributed by atoms with van der Waals surface area (Å²) in [7, 11) is 0. The van der Waals surface area contributed by atoms with E-state index in [4.69, 9.17) is 0 Å². The summed E-state index contributed by atoms with van der Waals surface area (Å²) in [6.07, 6.45) is 10.9. The third-order valence-corrected chi connectivity index (χ3v) is 6.79. The second-order valence-electron chi connectivity index (χ2n) is 7.02. The zero-order chi connectivity index (χ0) is 11.4. The van der Waals surface area contributed by atoms with E-state index in [1.807, 2.05) is 0 Å². The van der Waals surface area contributed by atoms with Crippen LogP contribution in [0.5, 0.6) is 0 Å². The highest BCUT2D eigenvalue weighted by molar-refractivity contribution is 5.14. The van der Waals surface area contributed by atoms with Crippen molar-refractivity contribution in [3.8, 4) is 0 Å². The van der Waals surface area contributed by atoms with Gasteiger partial charge in [-0.25, -0.2) is 0 Å². The Bertz CT molecular complexity index is 281. The number of fused-ring (bicyclic) bond motifs is 2. The first kappa shape index (κ1) is 11.1. The predicted octanol–water partition coefficient (Wildman–Crippen LogP) is 3.75. The van der Waals surface area contributed by atoms with E-state index in [2.05, 4.69) is 13.8 Å². The molecule has 1 nitrogen and oxygen atoms in total. The molecule has 3 aliphatic carbocycles. The molecule has 0 aromatic heterocycles. The van der Waals surface area contributed by atoms with Crippen LogP contribution in [-0.4, -0.2) is 11.2 Å². The normalized spacial score (nSPS) is 53.4. The largest absolute Gasteiger partial charge is 0.393 e. The quantitative estimate of drug-likeness (QED) is 0.716. The minimum absolute atomic E-state index is 0.0156. The minimum atomic E-state index is -0.0156. The number of aliphatic hydroxyl groups is 1. The molecule has 1 heteroatoms. The van der Waals surface area contributed by atoms with Gasteiger partial charge in [0, 0.05) is 0 Å². The Hall–Kier alpha value is -0.0400. The highest BCUT2D eigenvalue weighted by Crippen LogP contribution is 2.70. The lowest BCUT2D eigenvalue weighted by Crippen LogP contribution is -2.43. The van der Waals surface area contributed by atoms with Crippen molar-refractivity contribution >= 4 is 0 Å². The van der Waals surface area contributed by atoms with Crippen LogP contribution in [0.4, 0.5) is 0 Å². The van der Waals surface area contributed by atoms with Gasteiger partial charge < -0.3 is 5.11 Å². The molecule has 92 valence electrons. The second-order valence-corrected chi connectivity index (χ2v) is 7.02. The second kappa shape index (κ2) is 3.48. The fraction of sp³-hybridized carbons (Fsp3) is 1.00. The number of rotatable bonds is 1. The topological polar surface area (TPSA) is 20.2 Å². The molecule has 0 heterocycles. The van der Waals surface area contributed by atoms with Crippen LogP contribution < -0.4 is 0 Å². The van der Waals surface area contributed by atoms with E-state index in [0.717, 1.165) is 18.3 Å². The van der Waals surface area contributed by atoms with Gasteiger partial charge in [-0.2, -0.15) is 0 Å². The molecule has 0 aromatic rings. The van der Waals surface area contributed by atoms with Gasteiger partial charge in [0.1, 0.15) is 0 Å². The van der Waals surface area contributed by atoms with E-state index in [1.165, 1.54) is 44.9 Å². The Kier molecular flexibility index (Phi) is 2.41. The monoisotopic (exact) mass is 222 g/mol. The molecule has 16 heavy (non-hydrogen) atoms. The Morgan fingerprint density at radius 3 is 2.12 bits per heavy atom. The van der Waals surface area contributed by atoms with Gasteiger partial charge in [-0.1, -0.05) is 33.1 Å². The van der Waals surface area contributed by atoms with Crippen LogP contribution in [0.1, 0.15) is 65.2 Å². The lowest BCUT2D eigenvalue weighted by Gasteiger charge is -2.47. The summed E-state index contributed by atoms with van der Waals surface area (Å²) >= 11 is 0. The highest BCUT2D eigenvalue weighted by Gasteiger charge is 2.65. The average molecular weight is 222 g/mol. The molecule has 3 aliphatic rings. The molecular weight excluding hydrogens is 196 g/mol. The Labute approximate surface area is 99.6 Å². The van der Waals surface area contributed by atoms with Gasteiger partial charge in [-0.05, 0) is 54.8 Å². The minimum Gasteiger partial charge on any atom is -0.393 e. The molecule has 0 aromatic carbocycles. The first-order valence-corrected chi connectivity index (χ1v) is 7.27. The summed E-state index contributed by atoms with van der Waals surface area (Å²) in [6, 6.07) is 0. The molecule has 0 saturated heterocycles. The molecule has 4 atom stereocenters. The third-order valence-electron chi connectivity index (χ3n) is 6.79. The average Bonchev–Trinajstić information content (AvgIpc) is 2.66. The number of hydrogen-bond acceptors (Lipinski definition) is 1. The summed E-state index contributed by atoms with van der Waals surface area (Å²) in [5.74, 6) is 1.71. The Morgan fingerprint density at radius 1 is 0.938 bits per heavy atom. The van der Waals surface area contributed by atoms with Gasteiger partial charge in [-0.15, -0.1) is 0 Å². The summed E-state index contributed by atoms with van der Waals surface area (Å²) in [5.41, 5.74) is 0.687. The van der Waals surface area contributed by atoms with Crippen LogP contribution in [0.3, 0.4) is 0 Å². The van der Waals surface area contributed by atoms with Crippen molar-refractivity contribution in [3.05, 3.63) is 0 Å². The summed E-state index contributed by atoms with van der Waals surface area (Å²) in [6.45, 7) is 4.89. The van der Waals surface area contributed by atoms with Crippen molar-refractivity contribution in [3.63, 3.8) is 0 Å². The van der Waals surface area contributed by atoms with Gasteiger partial charge >= 0.3 is 0 Å². The molecule has 0 radical (unpaired) electrons. The van der Waals surface area contributed by atoms with Crippen molar-refractivity contribution in [2.24, 2.45) is 22.7 Å². The number of aliphatic hydroxyl groups excluding tert-OH is 1. The van der Waals surface area contributed by atoms with E-state index in [-0.39, 0.29) is 11.5 Å². The van der Waals surface area contributed by atoms with E-state index in [9.17, 15) is 5.11 Å². The SMILES string of the molecule is CC12CCC(CC1O)C2(C)C1CCCCC1. The molecule has 1 N–H and O–H groups in total. The van der Waals surface area contributed by atoms with Crippen molar-refractivity contribution < 1.29 is 5.11 Å². The molecule has 2 bridgehead atoms. The maximum Gasteiger partial charge on any atom is 0.0602 e. The molecule has 0 spiro atoms. The van der Waals surface area contributed by atoms with E-state index >= 15 is 0 Å². The summed E-state index contributed by atoms with van der Waals surface area (Å²) < 4.78 is 0. The van der Waals surface area contributed by atoms with Gasteiger partial charge in [0.2, 0.25) is 0 Å². The zero-order valence-electron chi connectivity index (χ0n) is 10.8. The van der Waals surface area contributed by atoms with Crippen LogP contribution in [0, 0.1) is 22.7 Å². The predicted molar refractivity (Wildman–Crippen MR) is 66.1 cm³/mol. The van der Waals surface area contributed by atoms with Crippen molar-refractivity contribution in [2.45, 2.75) is 71.3 Å². The van der Waals surface area contributed by atoms with Crippen LogP contribution >= 0.6 is 0 Å². The van der Waals surface area contributed by atoms with E-state index in [0.29, 0.717) is 5.41 Å². The van der Waals surface area contributed by atoms with Crippen molar-refractivity contribution in [1.82, 2.24) is 0 Å². The van der Waals surface area contributed by atoms with Crippen LogP contribution in [0.2, 0.25) is 0 Å². The van der Waals surface area contributed by atoms with Gasteiger partial charge in [0.15, 0.2) is 0 Å². The first-order chi connectivity index (χ1) is 7.59. The highest BCUT2D eigenvalue weighted by atomic mass is 16.3. The first-order valence-electron chi connectivity index (χ1n) is 7.27. The van der Waals surface area contributed by atoms with Gasteiger partial charge in [0.25, 0.3) is 0 Å². The van der Waals surface area contributed by atoms with Crippen LogP contribution in [-0.2, 0) is 0 Å². The maximum absolute atomic E-state index is 10.3. The lowest BCUT2D eigenvalue weighted by molar-refractivity contribution is -0.0342. The number of hydrogen-bond donors (Lipinski definition) is 1. The Balaban J connectivity index is 1.92. The fourth-order valence-corrected chi connectivity index (χ4v) is 5.43. The zero-order valence-corrected chi connectivity index (χ0v) is 10.8. The molecular formula is C15H26O.